The molecule has 182 valence electrons. The first kappa shape index (κ1) is 22.6. The maximum absolute atomic E-state index is 10.6. The smallest absolute Gasteiger partial charge is 0.174 e. The quantitative estimate of drug-likeness (QED) is 0.314. The number of nitrogens with one attached hydrogen (secondary N) is 1. The third-order valence-electron chi connectivity index (χ3n) is 6.83. The normalized spacial score (nSPS) is 25.1. The van der Waals surface area contributed by atoms with Gasteiger partial charge < -0.3 is 29.4 Å². The van der Waals surface area contributed by atoms with Gasteiger partial charge in [-0.2, -0.15) is 0 Å². The number of nitrogens with zero attached hydrogens (tertiary/aromatic N) is 4. The third kappa shape index (κ3) is 4.12. The van der Waals surface area contributed by atoms with E-state index in [1.54, 1.807) is 18.5 Å². The fourth-order valence-electron chi connectivity index (χ4n) is 5.08. The molecule has 6 rings (SSSR count). The molecule has 11 heteroatoms. The van der Waals surface area contributed by atoms with Crippen LogP contribution in [0.2, 0.25) is 10.2 Å². The average molecular weight is 516 g/mol. The Morgan fingerprint density at radius 1 is 1.17 bits per heavy atom. The number of ether oxygens (including phenoxy) is 1. The molecule has 0 aliphatic heterocycles. The Balaban J connectivity index is 1.25. The van der Waals surface area contributed by atoms with Crippen LogP contribution in [0.1, 0.15) is 29.5 Å². The van der Waals surface area contributed by atoms with Crippen molar-refractivity contribution in [2.75, 3.05) is 5.32 Å². The summed E-state index contributed by atoms with van der Waals surface area (Å²) in [6, 6.07) is 8.67. The molecule has 35 heavy (non-hydrogen) atoms. The largest absolute Gasteiger partial charge is 0.485 e. The maximum Gasteiger partial charge on any atom is 0.174 e. The number of pyridine rings is 1. The van der Waals surface area contributed by atoms with Crippen LogP contribution >= 0.6 is 23.2 Å². The first-order valence-electron chi connectivity index (χ1n) is 11.4. The van der Waals surface area contributed by atoms with Gasteiger partial charge in [-0.3, -0.25) is 0 Å². The molecule has 4 aromatic rings. The number of fused-ring (bicyclic) bond motifs is 2. The Morgan fingerprint density at radius 3 is 2.77 bits per heavy atom. The molecule has 9 nitrogen and oxygen atoms in total. The van der Waals surface area contributed by atoms with Crippen molar-refractivity contribution in [1.29, 1.82) is 0 Å². The number of aliphatic hydroxyl groups is 2. The van der Waals surface area contributed by atoms with Gasteiger partial charge in [0.1, 0.15) is 29.1 Å². The maximum atomic E-state index is 10.6. The van der Waals surface area contributed by atoms with Gasteiger partial charge in [-0.1, -0.05) is 28.4 Å². The summed E-state index contributed by atoms with van der Waals surface area (Å²) in [5.74, 6) is 1.63. The van der Waals surface area contributed by atoms with Crippen molar-refractivity contribution < 1.29 is 19.5 Å². The zero-order valence-corrected chi connectivity index (χ0v) is 20.2. The van der Waals surface area contributed by atoms with Gasteiger partial charge in [-0.05, 0) is 43.4 Å². The van der Waals surface area contributed by atoms with Crippen molar-refractivity contribution in [3.63, 3.8) is 0 Å². The first-order chi connectivity index (χ1) is 16.9. The molecule has 2 saturated carbocycles. The lowest BCUT2D eigenvalue weighted by Gasteiger charge is -2.22. The van der Waals surface area contributed by atoms with Crippen molar-refractivity contribution in [2.24, 2.45) is 11.8 Å². The van der Waals surface area contributed by atoms with E-state index in [4.69, 9.17) is 32.5 Å². The van der Waals surface area contributed by atoms with Crippen LogP contribution in [0.15, 0.2) is 41.2 Å². The van der Waals surface area contributed by atoms with E-state index in [9.17, 15) is 10.2 Å². The first-order valence-corrected chi connectivity index (χ1v) is 12.1. The van der Waals surface area contributed by atoms with Gasteiger partial charge in [-0.15, -0.1) is 0 Å². The number of benzene rings is 1. The SMILES string of the molecule is Cc1cc(COc2ccc(Cl)cc2CNc2cc(Cl)nc3c2ncn3[C@H]2[C@H](O)[C@H](O)[C@@H]3C[C@@H]32)on1. The Hall–Kier alpha value is -2.85. The van der Waals surface area contributed by atoms with Crippen LogP contribution in [0, 0.1) is 18.8 Å². The molecule has 3 N–H and O–H groups in total. The van der Waals surface area contributed by atoms with Gasteiger partial charge in [0, 0.05) is 29.3 Å². The summed E-state index contributed by atoms with van der Waals surface area (Å²) in [6.45, 7) is 2.48. The molecular formula is C24H23Cl2N5O4. The van der Waals surface area contributed by atoms with Crippen LogP contribution in [0.3, 0.4) is 0 Å². The minimum Gasteiger partial charge on any atom is -0.485 e. The van der Waals surface area contributed by atoms with Crippen LogP contribution in [0.25, 0.3) is 11.2 Å². The fraction of sp³-hybridized carbons (Fsp3) is 0.375. The van der Waals surface area contributed by atoms with Crippen molar-refractivity contribution in [2.45, 2.75) is 44.7 Å². The van der Waals surface area contributed by atoms with Crippen molar-refractivity contribution in [3.05, 3.63) is 63.9 Å². The number of aromatic nitrogens is 4. The second kappa shape index (κ2) is 8.67. The molecule has 3 heterocycles. The Morgan fingerprint density at radius 2 is 2.03 bits per heavy atom. The molecule has 0 amide bonds. The number of aryl methyl sites for hydroxylation is 1. The zero-order chi connectivity index (χ0) is 24.3. The summed E-state index contributed by atoms with van der Waals surface area (Å²) in [5, 5.41) is 29.0. The highest BCUT2D eigenvalue weighted by Gasteiger charge is 2.60. The Kier molecular flexibility index (Phi) is 5.60. The molecule has 2 aliphatic rings. The van der Waals surface area contributed by atoms with Crippen molar-refractivity contribution in [1.82, 2.24) is 19.7 Å². The summed E-state index contributed by atoms with van der Waals surface area (Å²) in [6.07, 6.45) is 0.974. The number of aliphatic hydroxyl groups excluding tert-OH is 2. The van der Waals surface area contributed by atoms with Gasteiger partial charge in [-0.25, -0.2) is 9.97 Å². The monoisotopic (exact) mass is 515 g/mol. The Labute approximate surface area is 210 Å². The summed E-state index contributed by atoms with van der Waals surface area (Å²) >= 11 is 12.6. The molecule has 3 aromatic heterocycles. The number of hydrogen-bond acceptors (Lipinski definition) is 8. The van der Waals surface area contributed by atoms with Crippen LogP contribution in [0.4, 0.5) is 5.69 Å². The molecule has 0 spiro atoms. The number of hydrogen-bond donors (Lipinski definition) is 3. The predicted molar refractivity (Wildman–Crippen MR) is 130 cm³/mol. The Bertz CT molecular complexity index is 1410. The average Bonchev–Trinajstić information content (AvgIpc) is 3.20. The fourth-order valence-corrected chi connectivity index (χ4v) is 5.46. The molecule has 2 fully saturated rings. The lowest BCUT2D eigenvalue weighted by molar-refractivity contribution is 0.00386. The number of rotatable bonds is 7. The summed E-state index contributed by atoms with van der Waals surface area (Å²) < 4.78 is 13.0. The van der Waals surface area contributed by atoms with E-state index in [1.165, 1.54) is 0 Å². The second-order valence-electron chi connectivity index (χ2n) is 9.18. The van der Waals surface area contributed by atoms with E-state index in [-0.39, 0.29) is 24.5 Å². The van der Waals surface area contributed by atoms with Crippen molar-refractivity contribution >= 4 is 40.1 Å². The molecule has 0 bridgehead atoms. The standard InChI is InChI=1S/C24H23Cl2N5O4/c1-11-4-14(35-30-11)9-34-18-3-2-13(25)5-12(18)8-27-17-7-19(26)29-24-20(17)28-10-31(24)21-15-6-16(15)22(32)23(21)33/h2-5,7,10,15-16,21-23,32-33H,6,8-9H2,1H3,(H,27,29)/t15-,16+,21+,22+,23-/m0/s1. The van der Waals surface area contributed by atoms with Gasteiger partial charge in [0.15, 0.2) is 11.4 Å². The highest BCUT2D eigenvalue weighted by Crippen LogP contribution is 2.58. The molecule has 0 saturated heterocycles. The molecule has 5 atom stereocenters. The molecule has 1 aromatic carbocycles. The topological polar surface area (TPSA) is 118 Å². The predicted octanol–water partition coefficient (Wildman–Crippen LogP) is 4.14. The van der Waals surface area contributed by atoms with Gasteiger partial charge in [0.05, 0.1) is 29.9 Å². The third-order valence-corrected chi connectivity index (χ3v) is 7.26. The lowest BCUT2D eigenvalue weighted by atomic mass is 10.1. The zero-order valence-electron chi connectivity index (χ0n) is 18.7. The van der Waals surface area contributed by atoms with E-state index >= 15 is 0 Å². The minimum atomic E-state index is -0.854. The second-order valence-corrected chi connectivity index (χ2v) is 10.0. The van der Waals surface area contributed by atoms with Gasteiger partial charge in [0.2, 0.25) is 0 Å². The number of anilines is 1. The van der Waals surface area contributed by atoms with E-state index in [1.807, 2.05) is 29.7 Å². The molecular weight excluding hydrogens is 493 g/mol. The highest BCUT2D eigenvalue weighted by atomic mass is 35.5. The number of imidazole rings is 1. The van der Waals surface area contributed by atoms with Crippen LogP contribution in [0.5, 0.6) is 5.75 Å². The van der Waals surface area contributed by atoms with E-state index in [0.717, 1.165) is 17.7 Å². The molecule has 0 unspecified atom stereocenters. The molecule has 2 aliphatic carbocycles. The van der Waals surface area contributed by atoms with E-state index < -0.39 is 12.2 Å². The van der Waals surface area contributed by atoms with Crippen LogP contribution < -0.4 is 10.1 Å². The lowest BCUT2D eigenvalue weighted by Crippen LogP contribution is -2.31. The summed E-state index contributed by atoms with van der Waals surface area (Å²) in [7, 11) is 0. The van der Waals surface area contributed by atoms with Crippen LogP contribution in [-0.4, -0.2) is 42.1 Å². The van der Waals surface area contributed by atoms with Crippen LogP contribution in [-0.2, 0) is 13.2 Å². The van der Waals surface area contributed by atoms with E-state index in [0.29, 0.717) is 45.1 Å². The van der Waals surface area contributed by atoms with Gasteiger partial charge >= 0.3 is 0 Å². The summed E-state index contributed by atoms with van der Waals surface area (Å²) in [5.41, 5.74) is 3.51. The minimum absolute atomic E-state index is 0.131. The number of halogens is 2. The van der Waals surface area contributed by atoms with Gasteiger partial charge in [0.25, 0.3) is 0 Å². The summed E-state index contributed by atoms with van der Waals surface area (Å²) in [4.78, 5) is 9.03. The molecule has 0 radical (unpaired) electrons. The van der Waals surface area contributed by atoms with E-state index in [2.05, 4.69) is 20.4 Å². The van der Waals surface area contributed by atoms with Crippen molar-refractivity contribution in [3.8, 4) is 5.75 Å². The highest BCUT2D eigenvalue weighted by molar-refractivity contribution is 6.30.